The molecule has 102 valence electrons. The summed E-state index contributed by atoms with van der Waals surface area (Å²) in [5.41, 5.74) is -1.07. The van der Waals surface area contributed by atoms with Crippen molar-refractivity contribution in [3.8, 4) is 0 Å². The van der Waals surface area contributed by atoms with E-state index in [-0.39, 0.29) is 11.0 Å². The van der Waals surface area contributed by atoms with E-state index in [0.29, 0.717) is 0 Å². The monoisotopic (exact) mass is 266 g/mol. The molecule has 1 aromatic rings. The first-order chi connectivity index (χ1) is 8.64. The van der Waals surface area contributed by atoms with Crippen LogP contribution < -0.4 is 5.46 Å². The maximum atomic E-state index is 13.8. The van der Waals surface area contributed by atoms with Crippen LogP contribution in [0.5, 0.6) is 0 Å². The summed E-state index contributed by atoms with van der Waals surface area (Å²) in [4.78, 5) is 10.9. The van der Waals surface area contributed by atoms with Crippen LogP contribution in [0.15, 0.2) is 18.2 Å². The number of rotatable bonds is 2. The smallest absolute Gasteiger partial charge is 0.478 e. The van der Waals surface area contributed by atoms with Crippen LogP contribution in [0.3, 0.4) is 0 Å². The number of hydrogen-bond acceptors (Lipinski definition) is 3. The molecular weight excluding hydrogens is 250 g/mol. The fourth-order valence-corrected chi connectivity index (χ4v) is 1.83. The second kappa shape index (κ2) is 4.32. The Kier molecular flexibility index (Phi) is 3.19. The lowest BCUT2D eigenvalue weighted by molar-refractivity contribution is 0.00578. The van der Waals surface area contributed by atoms with Crippen LogP contribution in [-0.2, 0) is 9.31 Å². The van der Waals surface area contributed by atoms with Crippen molar-refractivity contribution in [3.05, 3.63) is 29.6 Å². The molecule has 0 unspecified atom stereocenters. The zero-order valence-electron chi connectivity index (χ0n) is 11.4. The minimum atomic E-state index is -1.11. The first-order valence-corrected chi connectivity index (χ1v) is 6.02. The van der Waals surface area contributed by atoms with Crippen LogP contribution >= 0.6 is 0 Å². The third kappa shape index (κ3) is 2.38. The zero-order chi connectivity index (χ0) is 14.4. The van der Waals surface area contributed by atoms with Crippen molar-refractivity contribution < 1.29 is 23.6 Å². The van der Waals surface area contributed by atoms with Crippen molar-refractivity contribution in [2.24, 2.45) is 0 Å². The molecule has 1 saturated heterocycles. The summed E-state index contributed by atoms with van der Waals surface area (Å²) >= 11 is 0. The Morgan fingerprint density at radius 3 is 2.21 bits per heavy atom. The number of carboxylic acid groups (broad SMARTS) is 1. The molecule has 0 bridgehead atoms. The van der Waals surface area contributed by atoms with Gasteiger partial charge in [-0.15, -0.1) is 0 Å². The topological polar surface area (TPSA) is 55.8 Å². The molecule has 1 aliphatic heterocycles. The number of hydrogen-bond donors (Lipinski definition) is 1. The highest BCUT2D eigenvalue weighted by atomic mass is 19.1. The van der Waals surface area contributed by atoms with Gasteiger partial charge in [-0.1, -0.05) is 0 Å². The van der Waals surface area contributed by atoms with Gasteiger partial charge < -0.3 is 14.4 Å². The third-order valence-corrected chi connectivity index (χ3v) is 3.75. The van der Waals surface area contributed by atoms with Crippen LogP contribution in [0.1, 0.15) is 38.1 Å². The molecular formula is C13H16BFO4. The van der Waals surface area contributed by atoms with Crippen molar-refractivity contribution in [2.45, 2.75) is 38.9 Å². The fourth-order valence-electron chi connectivity index (χ4n) is 1.83. The van der Waals surface area contributed by atoms with E-state index in [1.54, 1.807) is 0 Å². The Hall–Kier alpha value is -1.40. The Morgan fingerprint density at radius 1 is 1.21 bits per heavy atom. The molecule has 0 saturated carbocycles. The summed E-state index contributed by atoms with van der Waals surface area (Å²) in [5, 5.41) is 8.94. The molecule has 0 radical (unpaired) electrons. The molecule has 0 aromatic heterocycles. The molecule has 1 N–H and O–H groups in total. The van der Waals surface area contributed by atoms with E-state index in [9.17, 15) is 9.18 Å². The maximum Gasteiger partial charge on any atom is 0.497 e. The lowest BCUT2D eigenvalue weighted by Gasteiger charge is -2.32. The molecule has 1 aliphatic rings. The maximum absolute atomic E-state index is 13.8. The Balaban J connectivity index is 2.39. The van der Waals surface area contributed by atoms with Crippen molar-refractivity contribution in [1.29, 1.82) is 0 Å². The first-order valence-electron chi connectivity index (χ1n) is 6.02. The van der Waals surface area contributed by atoms with Gasteiger partial charge >= 0.3 is 13.1 Å². The molecule has 6 heteroatoms. The predicted octanol–water partition coefficient (Wildman–Crippen LogP) is 1.82. The first kappa shape index (κ1) is 14.0. The number of benzene rings is 1. The van der Waals surface area contributed by atoms with Gasteiger partial charge in [0.05, 0.1) is 16.8 Å². The molecule has 2 rings (SSSR count). The zero-order valence-corrected chi connectivity index (χ0v) is 11.4. The Bertz CT molecular complexity index is 511. The number of carboxylic acids is 1. The van der Waals surface area contributed by atoms with Crippen molar-refractivity contribution >= 4 is 18.6 Å². The highest BCUT2D eigenvalue weighted by molar-refractivity contribution is 6.62. The quantitative estimate of drug-likeness (QED) is 0.829. The third-order valence-electron chi connectivity index (χ3n) is 3.75. The SMILES string of the molecule is CC1(C)OB(c2cc(C(=O)O)ccc2F)OC1(C)C. The normalized spacial score (nSPS) is 20.6. The summed E-state index contributed by atoms with van der Waals surface area (Å²) in [6.45, 7) is 7.41. The summed E-state index contributed by atoms with van der Waals surface area (Å²) in [6, 6.07) is 3.58. The molecule has 1 aromatic carbocycles. The van der Waals surface area contributed by atoms with Gasteiger partial charge in [0.25, 0.3) is 0 Å². The lowest BCUT2D eigenvalue weighted by Crippen LogP contribution is -2.41. The lowest BCUT2D eigenvalue weighted by atomic mass is 9.78. The number of halogens is 1. The van der Waals surface area contributed by atoms with E-state index < -0.39 is 30.1 Å². The van der Waals surface area contributed by atoms with Gasteiger partial charge in [-0.2, -0.15) is 0 Å². The average molecular weight is 266 g/mol. The number of aromatic carboxylic acids is 1. The molecule has 0 atom stereocenters. The van der Waals surface area contributed by atoms with Crippen LogP contribution in [-0.4, -0.2) is 29.4 Å². The van der Waals surface area contributed by atoms with E-state index in [4.69, 9.17) is 14.4 Å². The summed E-state index contributed by atoms with van der Waals surface area (Å²) in [6.07, 6.45) is 0. The highest BCUT2D eigenvalue weighted by Gasteiger charge is 2.52. The van der Waals surface area contributed by atoms with Gasteiger partial charge in [-0.3, -0.25) is 0 Å². The van der Waals surface area contributed by atoms with E-state index in [1.165, 1.54) is 12.1 Å². The predicted molar refractivity (Wildman–Crippen MR) is 69.1 cm³/mol. The van der Waals surface area contributed by atoms with Gasteiger partial charge in [0, 0.05) is 5.46 Å². The summed E-state index contributed by atoms with van der Waals surface area (Å²) < 4.78 is 25.3. The largest absolute Gasteiger partial charge is 0.497 e. The van der Waals surface area contributed by atoms with Crippen molar-refractivity contribution in [2.75, 3.05) is 0 Å². The summed E-state index contributed by atoms with van der Waals surface area (Å²) in [5.74, 6) is -1.65. The Labute approximate surface area is 111 Å². The minimum Gasteiger partial charge on any atom is -0.478 e. The van der Waals surface area contributed by atoms with Crippen LogP contribution in [0.4, 0.5) is 4.39 Å². The van der Waals surface area contributed by atoms with Crippen molar-refractivity contribution in [1.82, 2.24) is 0 Å². The minimum absolute atomic E-state index is 0.00566. The molecule has 19 heavy (non-hydrogen) atoms. The van der Waals surface area contributed by atoms with Gasteiger partial charge in [-0.25, -0.2) is 9.18 Å². The van der Waals surface area contributed by atoms with Crippen LogP contribution in [0.2, 0.25) is 0 Å². The fraction of sp³-hybridized carbons (Fsp3) is 0.462. The summed E-state index contributed by atoms with van der Waals surface area (Å²) in [7, 11) is -0.899. The van der Waals surface area contributed by atoms with Gasteiger partial charge in [0.1, 0.15) is 5.82 Å². The van der Waals surface area contributed by atoms with Gasteiger partial charge in [-0.05, 0) is 45.9 Å². The standard InChI is InChI=1S/C13H16BFO4/c1-12(2)13(3,4)19-14(18-12)9-7-8(11(16)17)5-6-10(9)15/h5-7H,1-4H3,(H,16,17). The van der Waals surface area contributed by atoms with Crippen molar-refractivity contribution in [3.63, 3.8) is 0 Å². The molecule has 1 fully saturated rings. The highest BCUT2D eigenvalue weighted by Crippen LogP contribution is 2.36. The van der Waals surface area contributed by atoms with Gasteiger partial charge in [0.15, 0.2) is 0 Å². The van der Waals surface area contributed by atoms with E-state index in [1.807, 2.05) is 27.7 Å². The number of carbonyl (C=O) groups is 1. The van der Waals surface area contributed by atoms with Crippen LogP contribution in [0.25, 0.3) is 0 Å². The van der Waals surface area contributed by atoms with E-state index in [0.717, 1.165) is 6.07 Å². The van der Waals surface area contributed by atoms with E-state index in [2.05, 4.69) is 0 Å². The molecule has 0 spiro atoms. The molecule has 4 nitrogen and oxygen atoms in total. The average Bonchev–Trinajstić information content (AvgIpc) is 2.48. The molecule has 1 heterocycles. The van der Waals surface area contributed by atoms with Gasteiger partial charge in [0.2, 0.25) is 0 Å². The molecule has 0 amide bonds. The second-order valence-electron chi connectivity index (χ2n) is 5.63. The van der Waals surface area contributed by atoms with Crippen LogP contribution in [0, 0.1) is 5.82 Å². The second-order valence-corrected chi connectivity index (χ2v) is 5.63. The van der Waals surface area contributed by atoms with E-state index >= 15 is 0 Å². The molecule has 0 aliphatic carbocycles. The Morgan fingerprint density at radius 2 is 1.74 bits per heavy atom.